The third-order valence-electron chi connectivity index (χ3n) is 3.00. The smallest absolute Gasteiger partial charge is 0.267 e. The molecule has 0 aliphatic rings. The maximum absolute atomic E-state index is 12.4. The van der Waals surface area contributed by atoms with Gasteiger partial charge in [0.1, 0.15) is 0 Å². The molecular weight excluding hydrogens is 246 g/mol. The van der Waals surface area contributed by atoms with Crippen LogP contribution in [-0.2, 0) is 0 Å². The maximum atomic E-state index is 12.4. The van der Waals surface area contributed by atoms with Gasteiger partial charge in [0, 0.05) is 4.88 Å². The molecule has 0 N–H and O–H groups in total. The molecule has 0 radical (unpaired) electrons. The zero-order chi connectivity index (χ0) is 12.7. The van der Waals surface area contributed by atoms with Crippen molar-refractivity contribution in [1.82, 2.24) is 15.0 Å². The van der Waals surface area contributed by atoms with Crippen LogP contribution in [0.5, 0.6) is 0 Å². The van der Waals surface area contributed by atoms with Crippen molar-refractivity contribution in [2.24, 2.45) is 0 Å². The summed E-state index contributed by atoms with van der Waals surface area (Å²) >= 11 is 1.51. The Bertz CT molecular complexity index is 774. The Morgan fingerprint density at radius 3 is 2.61 bits per heavy atom. The summed E-state index contributed by atoms with van der Waals surface area (Å²) in [7, 11) is 0. The summed E-state index contributed by atoms with van der Waals surface area (Å²) in [5, 5.41) is 8.80. The first-order valence-corrected chi connectivity index (χ1v) is 6.41. The third kappa shape index (κ3) is 1.55. The molecule has 0 aliphatic heterocycles. The van der Waals surface area contributed by atoms with Crippen LogP contribution in [0.15, 0.2) is 35.1 Å². The first-order chi connectivity index (χ1) is 8.68. The quantitative estimate of drug-likeness (QED) is 0.672. The van der Waals surface area contributed by atoms with Crippen LogP contribution in [0.4, 0.5) is 0 Å². The largest absolute Gasteiger partial charge is 0.283 e. The van der Waals surface area contributed by atoms with Gasteiger partial charge < -0.3 is 0 Å². The normalized spacial score (nSPS) is 11.0. The molecule has 0 bridgehead atoms. The fourth-order valence-electron chi connectivity index (χ4n) is 1.90. The van der Waals surface area contributed by atoms with Crippen molar-refractivity contribution in [2.45, 2.75) is 13.8 Å². The van der Waals surface area contributed by atoms with Crippen molar-refractivity contribution in [2.75, 3.05) is 0 Å². The van der Waals surface area contributed by atoms with Crippen molar-refractivity contribution in [3.63, 3.8) is 0 Å². The van der Waals surface area contributed by atoms with E-state index in [9.17, 15) is 4.79 Å². The average Bonchev–Trinajstić information content (AvgIpc) is 2.67. The van der Waals surface area contributed by atoms with E-state index in [1.54, 1.807) is 0 Å². The molecule has 2 heterocycles. The van der Waals surface area contributed by atoms with Gasteiger partial charge in [-0.3, -0.25) is 4.79 Å². The molecule has 0 amide bonds. The lowest BCUT2D eigenvalue weighted by atomic mass is 10.2. The summed E-state index contributed by atoms with van der Waals surface area (Å²) in [6, 6.07) is 9.34. The molecule has 4 nitrogen and oxygen atoms in total. The molecule has 5 heteroatoms. The lowest BCUT2D eigenvalue weighted by molar-refractivity contribution is 0.740. The molecule has 0 unspecified atom stereocenters. The summed E-state index contributed by atoms with van der Waals surface area (Å²) in [6.45, 7) is 3.94. The molecular formula is C13H11N3OS. The van der Waals surface area contributed by atoms with Gasteiger partial charge in [-0.05, 0) is 31.5 Å². The highest BCUT2D eigenvalue weighted by Crippen LogP contribution is 2.25. The van der Waals surface area contributed by atoms with E-state index < -0.39 is 0 Å². The summed E-state index contributed by atoms with van der Waals surface area (Å²) in [6.07, 6.45) is 0. The molecule has 3 aromatic rings. The van der Waals surface area contributed by atoms with Gasteiger partial charge in [-0.2, -0.15) is 4.68 Å². The van der Waals surface area contributed by atoms with Crippen LogP contribution in [-0.4, -0.2) is 15.0 Å². The van der Waals surface area contributed by atoms with Crippen LogP contribution in [0, 0.1) is 13.8 Å². The number of hydrogen-bond acceptors (Lipinski definition) is 4. The molecule has 0 fully saturated rings. The van der Waals surface area contributed by atoms with Crippen LogP contribution in [0.3, 0.4) is 0 Å². The topological polar surface area (TPSA) is 47.8 Å². The monoisotopic (exact) mass is 257 g/mol. The van der Waals surface area contributed by atoms with Crippen molar-refractivity contribution < 1.29 is 0 Å². The Morgan fingerprint density at radius 1 is 1.17 bits per heavy atom. The Balaban J connectivity index is 2.37. The number of benzene rings is 1. The summed E-state index contributed by atoms with van der Waals surface area (Å²) < 4.78 is 1.35. The first-order valence-electron chi connectivity index (χ1n) is 5.59. The van der Waals surface area contributed by atoms with Crippen molar-refractivity contribution in [1.29, 1.82) is 0 Å². The molecule has 0 spiro atoms. The maximum Gasteiger partial charge on any atom is 0.283 e. The molecule has 0 atom stereocenters. The number of nitrogens with zero attached hydrogens (tertiary/aromatic N) is 3. The SMILES string of the molecule is Cc1sc2nnn(-c3ccccc3)c(=O)c2c1C. The van der Waals surface area contributed by atoms with Crippen molar-refractivity contribution in [3.8, 4) is 5.69 Å². The Kier molecular flexibility index (Phi) is 2.48. The summed E-state index contributed by atoms with van der Waals surface area (Å²) in [5.41, 5.74) is 1.63. The first kappa shape index (κ1) is 11.1. The average molecular weight is 257 g/mol. The zero-order valence-corrected chi connectivity index (χ0v) is 10.9. The molecule has 18 heavy (non-hydrogen) atoms. The molecule has 2 aromatic heterocycles. The van der Waals surface area contributed by atoms with Crippen LogP contribution in [0.2, 0.25) is 0 Å². The van der Waals surface area contributed by atoms with Crippen LogP contribution in [0.1, 0.15) is 10.4 Å². The van der Waals surface area contributed by atoms with E-state index in [4.69, 9.17) is 0 Å². The van der Waals surface area contributed by atoms with E-state index in [0.29, 0.717) is 10.2 Å². The van der Waals surface area contributed by atoms with E-state index >= 15 is 0 Å². The Labute approximate surface area is 108 Å². The van der Waals surface area contributed by atoms with Gasteiger partial charge in [0.2, 0.25) is 0 Å². The lowest BCUT2D eigenvalue weighted by Gasteiger charge is -2.02. The van der Waals surface area contributed by atoms with Gasteiger partial charge in [-0.15, -0.1) is 16.4 Å². The second-order valence-corrected chi connectivity index (χ2v) is 5.31. The van der Waals surface area contributed by atoms with E-state index in [2.05, 4.69) is 10.3 Å². The van der Waals surface area contributed by atoms with Gasteiger partial charge in [-0.25, -0.2) is 0 Å². The fourth-order valence-corrected chi connectivity index (χ4v) is 2.87. The lowest BCUT2D eigenvalue weighted by Crippen LogP contribution is -2.22. The Morgan fingerprint density at radius 2 is 1.89 bits per heavy atom. The highest BCUT2D eigenvalue weighted by Gasteiger charge is 2.13. The van der Waals surface area contributed by atoms with Crippen molar-refractivity contribution >= 4 is 21.6 Å². The van der Waals surface area contributed by atoms with Crippen LogP contribution < -0.4 is 5.56 Å². The predicted molar refractivity (Wildman–Crippen MR) is 72.5 cm³/mol. The highest BCUT2D eigenvalue weighted by molar-refractivity contribution is 7.18. The third-order valence-corrected chi connectivity index (χ3v) is 4.09. The van der Waals surface area contributed by atoms with Gasteiger partial charge in [0.05, 0.1) is 11.1 Å². The summed E-state index contributed by atoms with van der Waals surface area (Å²) in [4.78, 5) is 14.3. The van der Waals surface area contributed by atoms with Gasteiger partial charge in [0.25, 0.3) is 5.56 Å². The zero-order valence-electron chi connectivity index (χ0n) is 10.0. The number of thiophene rings is 1. The number of fused-ring (bicyclic) bond motifs is 1. The molecule has 1 aromatic carbocycles. The van der Waals surface area contributed by atoms with Crippen molar-refractivity contribution in [3.05, 3.63) is 51.1 Å². The predicted octanol–water partition coefficient (Wildman–Crippen LogP) is 2.46. The molecule has 0 saturated carbocycles. The van der Waals surface area contributed by atoms with Crippen LogP contribution >= 0.6 is 11.3 Å². The minimum absolute atomic E-state index is 0.104. The molecule has 0 aliphatic carbocycles. The molecule has 90 valence electrons. The van der Waals surface area contributed by atoms with E-state index in [-0.39, 0.29) is 5.56 Å². The van der Waals surface area contributed by atoms with Crippen LogP contribution in [0.25, 0.3) is 15.9 Å². The second kappa shape index (κ2) is 4.03. The minimum Gasteiger partial charge on any atom is -0.267 e. The number of aromatic nitrogens is 3. The molecule has 3 rings (SSSR count). The number of para-hydroxylation sites is 1. The van der Waals surface area contributed by atoms with Gasteiger partial charge in [-0.1, -0.05) is 23.4 Å². The minimum atomic E-state index is -0.104. The van der Waals surface area contributed by atoms with E-state index in [1.165, 1.54) is 16.0 Å². The molecule has 0 saturated heterocycles. The van der Waals surface area contributed by atoms with E-state index in [0.717, 1.165) is 16.1 Å². The highest BCUT2D eigenvalue weighted by atomic mass is 32.1. The van der Waals surface area contributed by atoms with Gasteiger partial charge >= 0.3 is 0 Å². The standard InChI is InChI=1S/C13H11N3OS/c1-8-9(2)18-12-11(8)13(17)16(15-14-12)10-6-4-3-5-7-10/h3-7H,1-2H3. The Hall–Kier alpha value is -2.01. The fraction of sp³-hybridized carbons (Fsp3) is 0.154. The van der Waals surface area contributed by atoms with Gasteiger partial charge in [0.15, 0.2) is 4.83 Å². The van der Waals surface area contributed by atoms with E-state index in [1.807, 2.05) is 44.2 Å². The number of rotatable bonds is 1. The number of aryl methyl sites for hydroxylation is 2. The summed E-state index contributed by atoms with van der Waals surface area (Å²) in [5.74, 6) is 0. The number of hydrogen-bond donors (Lipinski definition) is 0. The second-order valence-electron chi connectivity index (χ2n) is 4.11.